The van der Waals surface area contributed by atoms with Gasteiger partial charge in [-0.1, -0.05) is 0 Å². The maximum atomic E-state index is 13.3. The standard InChI is InChI=1S/C14H18FNO3/c1-19-7-6-16(12-3-4-12)9-10-8-11(15)2-5-13(10)14(17)18/h2,5,8,12H,3-4,6-7,9H2,1H3,(H,17,18). The summed E-state index contributed by atoms with van der Waals surface area (Å²) in [5, 5.41) is 9.13. The summed E-state index contributed by atoms with van der Waals surface area (Å²) >= 11 is 0. The van der Waals surface area contributed by atoms with Gasteiger partial charge in [0.1, 0.15) is 5.82 Å². The third kappa shape index (κ3) is 3.75. The van der Waals surface area contributed by atoms with Crippen LogP contribution in [-0.2, 0) is 11.3 Å². The van der Waals surface area contributed by atoms with Gasteiger partial charge in [0.2, 0.25) is 0 Å². The Morgan fingerprint density at radius 2 is 2.26 bits per heavy atom. The first-order valence-corrected chi connectivity index (χ1v) is 6.36. The lowest BCUT2D eigenvalue weighted by Gasteiger charge is -2.22. The number of carboxylic acids is 1. The van der Waals surface area contributed by atoms with Crippen molar-refractivity contribution in [3.8, 4) is 0 Å². The molecule has 0 bridgehead atoms. The van der Waals surface area contributed by atoms with E-state index in [1.807, 2.05) is 0 Å². The number of rotatable bonds is 7. The average Bonchev–Trinajstić information content (AvgIpc) is 3.18. The minimum absolute atomic E-state index is 0.171. The van der Waals surface area contributed by atoms with Gasteiger partial charge in [-0.05, 0) is 36.6 Å². The molecule has 1 aliphatic rings. The first-order valence-electron chi connectivity index (χ1n) is 6.36. The zero-order valence-electron chi connectivity index (χ0n) is 10.9. The Balaban J connectivity index is 2.15. The molecule has 0 radical (unpaired) electrons. The molecule has 1 N–H and O–H groups in total. The van der Waals surface area contributed by atoms with Crippen LogP contribution in [0.15, 0.2) is 18.2 Å². The summed E-state index contributed by atoms with van der Waals surface area (Å²) < 4.78 is 18.4. The number of hydrogen-bond acceptors (Lipinski definition) is 3. The monoisotopic (exact) mass is 267 g/mol. The molecular formula is C14H18FNO3. The van der Waals surface area contributed by atoms with Crippen LogP contribution >= 0.6 is 0 Å². The fourth-order valence-corrected chi connectivity index (χ4v) is 2.16. The zero-order chi connectivity index (χ0) is 13.8. The Bertz CT molecular complexity index is 460. The van der Waals surface area contributed by atoms with Gasteiger partial charge in [-0.2, -0.15) is 0 Å². The van der Waals surface area contributed by atoms with Crippen LogP contribution in [0.4, 0.5) is 4.39 Å². The van der Waals surface area contributed by atoms with Crippen LogP contribution in [0.1, 0.15) is 28.8 Å². The molecule has 1 aliphatic carbocycles. The summed E-state index contributed by atoms with van der Waals surface area (Å²) in [6, 6.07) is 4.30. The van der Waals surface area contributed by atoms with Crippen molar-refractivity contribution in [2.45, 2.75) is 25.4 Å². The van der Waals surface area contributed by atoms with Crippen LogP contribution in [0.2, 0.25) is 0 Å². The molecule has 0 unspecified atom stereocenters. The fourth-order valence-electron chi connectivity index (χ4n) is 2.16. The SMILES string of the molecule is COCCN(Cc1cc(F)ccc1C(=O)O)C1CC1. The summed E-state index contributed by atoms with van der Waals surface area (Å²) in [6.07, 6.45) is 2.23. The summed E-state index contributed by atoms with van der Waals surface area (Å²) in [5.74, 6) is -1.42. The highest BCUT2D eigenvalue weighted by Crippen LogP contribution is 2.28. The molecule has 0 aliphatic heterocycles. The first kappa shape index (κ1) is 14.0. The summed E-state index contributed by atoms with van der Waals surface area (Å²) in [6.45, 7) is 1.78. The molecule has 19 heavy (non-hydrogen) atoms. The van der Waals surface area contributed by atoms with Gasteiger partial charge in [0, 0.05) is 26.2 Å². The van der Waals surface area contributed by atoms with Gasteiger partial charge in [0.25, 0.3) is 0 Å². The van der Waals surface area contributed by atoms with E-state index in [2.05, 4.69) is 4.90 Å². The third-order valence-corrected chi connectivity index (χ3v) is 3.32. The minimum Gasteiger partial charge on any atom is -0.478 e. The van der Waals surface area contributed by atoms with Crippen LogP contribution in [-0.4, -0.2) is 42.3 Å². The Hall–Kier alpha value is -1.46. The van der Waals surface area contributed by atoms with Crippen molar-refractivity contribution in [1.29, 1.82) is 0 Å². The smallest absolute Gasteiger partial charge is 0.336 e. The van der Waals surface area contributed by atoms with E-state index in [1.54, 1.807) is 7.11 Å². The molecule has 2 rings (SSSR count). The number of carbonyl (C=O) groups is 1. The molecule has 4 nitrogen and oxygen atoms in total. The van der Waals surface area contributed by atoms with Crippen molar-refractivity contribution in [3.05, 3.63) is 35.1 Å². The number of hydrogen-bond donors (Lipinski definition) is 1. The van der Waals surface area contributed by atoms with Crippen molar-refractivity contribution in [3.63, 3.8) is 0 Å². The largest absolute Gasteiger partial charge is 0.478 e. The molecule has 1 aromatic carbocycles. The van der Waals surface area contributed by atoms with Gasteiger partial charge in [-0.25, -0.2) is 9.18 Å². The Morgan fingerprint density at radius 1 is 1.53 bits per heavy atom. The number of methoxy groups -OCH3 is 1. The van der Waals surface area contributed by atoms with Gasteiger partial charge in [-0.3, -0.25) is 4.90 Å². The Labute approximate surface area is 111 Å². The lowest BCUT2D eigenvalue weighted by Crippen LogP contribution is -2.30. The van der Waals surface area contributed by atoms with Gasteiger partial charge >= 0.3 is 5.97 Å². The van der Waals surface area contributed by atoms with Gasteiger partial charge in [-0.15, -0.1) is 0 Å². The lowest BCUT2D eigenvalue weighted by atomic mass is 10.1. The molecule has 0 amide bonds. The Kier molecular flexibility index (Phi) is 4.50. The second-order valence-corrected chi connectivity index (χ2v) is 4.80. The number of nitrogens with zero attached hydrogens (tertiary/aromatic N) is 1. The maximum Gasteiger partial charge on any atom is 0.336 e. The molecule has 0 saturated heterocycles. The highest BCUT2D eigenvalue weighted by atomic mass is 19.1. The maximum absolute atomic E-state index is 13.3. The van der Waals surface area contributed by atoms with Crippen LogP contribution in [0.3, 0.4) is 0 Å². The number of benzene rings is 1. The van der Waals surface area contributed by atoms with E-state index in [0.29, 0.717) is 24.8 Å². The topological polar surface area (TPSA) is 49.8 Å². The van der Waals surface area contributed by atoms with Gasteiger partial charge < -0.3 is 9.84 Å². The van der Waals surface area contributed by atoms with E-state index in [4.69, 9.17) is 9.84 Å². The molecular weight excluding hydrogens is 249 g/mol. The molecule has 1 fully saturated rings. The van der Waals surface area contributed by atoms with Crippen LogP contribution < -0.4 is 0 Å². The van der Waals surface area contributed by atoms with E-state index in [9.17, 15) is 9.18 Å². The predicted octanol–water partition coefficient (Wildman–Crippen LogP) is 2.13. The number of carboxylic acid groups (broad SMARTS) is 1. The number of halogens is 1. The van der Waals surface area contributed by atoms with E-state index in [1.165, 1.54) is 18.2 Å². The fraction of sp³-hybridized carbons (Fsp3) is 0.500. The molecule has 0 spiro atoms. The van der Waals surface area contributed by atoms with Crippen molar-refractivity contribution in [2.24, 2.45) is 0 Å². The second kappa shape index (κ2) is 6.12. The van der Waals surface area contributed by atoms with Crippen LogP contribution in [0, 0.1) is 5.82 Å². The van der Waals surface area contributed by atoms with Crippen LogP contribution in [0.25, 0.3) is 0 Å². The molecule has 1 saturated carbocycles. The zero-order valence-corrected chi connectivity index (χ0v) is 10.9. The molecule has 0 aromatic heterocycles. The minimum atomic E-state index is -1.02. The van der Waals surface area contributed by atoms with Crippen molar-refractivity contribution in [2.75, 3.05) is 20.3 Å². The molecule has 5 heteroatoms. The van der Waals surface area contributed by atoms with E-state index in [-0.39, 0.29) is 5.56 Å². The van der Waals surface area contributed by atoms with Gasteiger partial charge in [0.05, 0.1) is 12.2 Å². The lowest BCUT2D eigenvalue weighted by molar-refractivity contribution is 0.0693. The summed E-state index contributed by atoms with van der Waals surface area (Å²) in [5.41, 5.74) is 0.694. The third-order valence-electron chi connectivity index (χ3n) is 3.32. The van der Waals surface area contributed by atoms with Crippen molar-refractivity contribution in [1.82, 2.24) is 4.90 Å². The molecule has 104 valence electrons. The summed E-state index contributed by atoms with van der Waals surface area (Å²) in [7, 11) is 1.63. The first-order chi connectivity index (χ1) is 9.11. The quantitative estimate of drug-likeness (QED) is 0.822. The highest BCUT2D eigenvalue weighted by molar-refractivity contribution is 5.89. The molecule has 1 aromatic rings. The van der Waals surface area contributed by atoms with Crippen molar-refractivity contribution >= 4 is 5.97 Å². The summed E-state index contributed by atoms with van der Waals surface area (Å²) in [4.78, 5) is 13.3. The highest BCUT2D eigenvalue weighted by Gasteiger charge is 2.29. The second-order valence-electron chi connectivity index (χ2n) is 4.80. The van der Waals surface area contributed by atoms with E-state index in [0.717, 1.165) is 19.4 Å². The predicted molar refractivity (Wildman–Crippen MR) is 68.7 cm³/mol. The normalized spacial score (nSPS) is 14.9. The van der Waals surface area contributed by atoms with Crippen LogP contribution in [0.5, 0.6) is 0 Å². The van der Waals surface area contributed by atoms with Gasteiger partial charge in [0.15, 0.2) is 0 Å². The number of ether oxygens (including phenoxy) is 1. The van der Waals surface area contributed by atoms with E-state index < -0.39 is 11.8 Å². The molecule has 0 heterocycles. The Morgan fingerprint density at radius 3 is 2.84 bits per heavy atom. The number of aromatic carboxylic acids is 1. The van der Waals surface area contributed by atoms with Crippen molar-refractivity contribution < 1.29 is 19.0 Å². The molecule has 0 atom stereocenters. The average molecular weight is 267 g/mol. The van der Waals surface area contributed by atoms with E-state index >= 15 is 0 Å².